The standard InChI is InChI=1S/C14H10F3N3O2/c1-2-22-13-11(16)20-9(10(15)18-14(20)17)12(21)19(13)8-6-4-3-5-7-8/h3-7H,2H2,1H3. The molecule has 0 aliphatic rings. The van der Waals surface area contributed by atoms with Crippen LogP contribution in [-0.4, -0.2) is 20.6 Å². The molecule has 3 rings (SSSR count). The molecule has 1 aromatic carbocycles. The van der Waals surface area contributed by atoms with Crippen LogP contribution in [0, 0.1) is 18.0 Å². The molecule has 5 nitrogen and oxygen atoms in total. The number of hydrogen-bond donors (Lipinski definition) is 0. The van der Waals surface area contributed by atoms with Crippen LogP contribution in [-0.2, 0) is 0 Å². The zero-order chi connectivity index (χ0) is 15.9. The van der Waals surface area contributed by atoms with Gasteiger partial charge < -0.3 is 4.74 Å². The largest absolute Gasteiger partial charge is 0.476 e. The topological polar surface area (TPSA) is 48.5 Å². The molecule has 0 radical (unpaired) electrons. The minimum atomic E-state index is -1.46. The summed E-state index contributed by atoms with van der Waals surface area (Å²) in [5, 5.41) is 0. The number of halogens is 3. The lowest BCUT2D eigenvalue weighted by Crippen LogP contribution is -2.25. The van der Waals surface area contributed by atoms with Crippen LogP contribution in [0.3, 0.4) is 0 Å². The van der Waals surface area contributed by atoms with Gasteiger partial charge in [-0.1, -0.05) is 18.2 Å². The zero-order valence-electron chi connectivity index (χ0n) is 11.4. The van der Waals surface area contributed by atoms with Gasteiger partial charge in [-0.2, -0.15) is 18.2 Å². The van der Waals surface area contributed by atoms with E-state index in [1.165, 1.54) is 12.1 Å². The highest BCUT2D eigenvalue weighted by molar-refractivity contribution is 5.50. The molecule has 0 saturated heterocycles. The van der Waals surface area contributed by atoms with E-state index in [0.717, 1.165) is 4.57 Å². The van der Waals surface area contributed by atoms with Crippen molar-refractivity contribution in [2.45, 2.75) is 6.92 Å². The molecule has 0 atom stereocenters. The van der Waals surface area contributed by atoms with Crippen LogP contribution in [0.2, 0.25) is 0 Å². The number of aromatic nitrogens is 3. The van der Waals surface area contributed by atoms with Gasteiger partial charge in [-0.05, 0) is 19.1 Å². The SMILES string of the molecule is CCOc1c(F)n2c(F)nc(F)c2c(=O)n1-c1ccccc1. The Kier molecular flexibility index (Phi) is 3.36. The Balaban J connectivity index is 2.50. The summed E-state index contributed by atoms with van der Waals surface area (Å²) in [6, 6.07) is 7.97. The maximum absolute atomic E-state index is 14.5. The molecule has 0 aliphatic heterocycles. The summed E-state index contributed by atoms with van der Waals surface area (Å²) in [4.78, 5) is 15.3. The number of ether oxygens (including phenoxy) is 1. The summed E-state index contributed by atoms with van der Waals surface area (Å²) in [5.41, 5.74) is -1.52. The number of para-hydroxylation sites is 1. The lowest BCUT2D eigenvalue weighted by molar-refractivity contribution is 0.286. The normalized spacial score (nSPS) is 11.1. The molecular weight excluding hydrogens is 299 g/mol. The van der Waals surface area contributed by atoms with Gasteiger partial charge in [0.05, 0.1) is 12.3 Å². The molecule has 0 fully saturated rings. The molecule has 0 bridgehead atoms. The van der Waals surface area contributed by atoms with Crippen molar-refractivity contribution in [3.05, 3.63) is 58.7 Å². The van der Waals surface area contributed by atoms with Gasteiger partial charge in [0.2, 0.25) is 5.95 Å². The van der Waals surface area contributed by atoms with E-state index in [-0.39, 0.29) is 16.7 Å². The van der Waals surface area contributed by atoms with Crippen LogP contribution in [0.5, 0.6) is 5.88 Å². The minimum absolute atomic E-state index is 0.0352. The Labute approximate surface area is 122 Å². The average molecular weight is 309 g/mol. The molecule has 2 heterocycles. The molecule has 0 aliphatic carbocycles. The first-order valence-corrected chi connectivity index (χ1v) is 6.42. The summed E-state index contributed by atoms with van der Waals surface area (Å²) >= 11 is 0. The Morgan fingerprint density at radius 2 is 1.86 bits per heavy atom. The lowest BCUT2D eigenvalue weighted by atomic mass is 10.3. The fraction of sp³-hybridized carbons (Fsp3) is 0.143. The Hall–Kier alpha value is -2.77. The first-order chi connectivity index (χ1) is 10.6. The van der Waals surface area contributed by atoms with Crippen molar-refractivity contribution in [2.75, 3.05) is 6.61 Å². The van der Waals surface area contributed by atoms with Gasteiger partial charge >= 0.3 is 0 Å². The first kappa shape index (κ1) is 14.2. The third-order valence-electron chi connectivity index (χ3n) is 3.07. The summed E-state index contributed by atoms with van der Waals surface area (Å²) in [5.74, 6) is -3.13. The molecular formula is C14H10F3N3O2. The van der Waals surface area contributed by atoms with Gasteiger partial charge in [0, 0.05) is 0 Å². The molecule has 0 N–H and O–H groups in total. The fourth-order valence-electron chi connectivity index (χ4n) is 2.19. The van der Waals surface area contributed by atoms with E-state index in [9.17, 15) is 18.0 Å². The summed E-state index contributed by atoms with van der Waals surface area (Å²) in [6.45, 7) is 1.61. The molecule has 0 spiro atoms. The van der Waals surface area contributed by atoms with E-state index in [0.29, 0.717) is 0 Å². The number of imidazole rings is 1. The first-order valence-electron chi connectivity index (χ1n) is 6.42. The average Bonchev–Trinajstić information content (AvgIpc) is 2.81. The maximum atomic E-state index is 14.5. The van der Waals surface area contributed by atoms with Gasteiger partial charge in [0.15, 0.2) is 5.52 Å². The van der Waals surface area contributed by atoms with E-state index >= 15 is 0 Å². The van der Waals surface area contributed by atoms with Gasteiger partial charge in [0.1, 0.15) is 0 Å². The second-order valence-corrected chi connectivity index (χ2v) is 4.36. The van der Waals surface area contributed by atoms with Gasteiger partial charge in [-0.15, -0.1) is 0 Å². The van der Waals surface area contributed by atoms with E-state index in [1.807, 2.05) is 0 Å². The van der Waals surface area contributed by atoms with Crippen molar-refractivity contribution in [1.82, 2.24) is 14.0 Å². The van der Waals surface area contributed by atoms with Gasteiger partial charge in [-0.25, -0.2) is 8.97 Å². The van der Waals surface area contributed by atoms with Crippen molar-refractivity contribution in [3.63, 3.8) is 0 Å². The molecule has 8 heteroatoms. The lowest BCUT2D eigenvalue weighted by Gasteiger charge is -2.14. The summed E-state index contributed by atoms with van der Waals surface area (Å²) < 4.78 is 47.9. The predicted molar refractivity (Wildman–Crippen MR) is 71.8 cm³/mol. The van der Waals surface area contributed by atoms with Crippen molar-refractivity contribution in [1.29, 1.82) is 0 Å². The second kappa shape index (κ2) is 5.21. The van der Waals surface area contributed by atoms with Crippen molar-refractivity contribution in [3.8, 4) is 11.6 Å². The minimum Gasteiger partial charge on any atom is -0.476 e. The van der Waals surface area contributed by atoms with Gasteiger partial charge in [-0.3, -0.25) is 4.79 Å². The van der Waals surface area contributed by atoms with Crippen LogP contribution < -0.4 is 10.3 Å². The molecule has 0 saturated carbocycles. The van der Waals surface area contributed by atoms with Crippen LogP contribution in [0.15, 0.2) is 35.1 Å². The summed E-state index contributed by atoms with van der Waals surface area (Å²) in [6.07, 6.45) is -1.46. The number of benzene rings is 1. The molecule has 2 aromatic heterocycles. The number of hydrogen-bond acceptors (Lipinski definition) is 3. The Bertz CT molecular complexity index is 903. The zero-order valence-corrected chi connectivity index (χ0v) is 11.4. The second-order valence-electron chi connectivity index (χ2n) is 4.36. The van der Waals surface area contributed by atoms with Crippen molar-refractivity contribution < 1.29 is 17.9 Å². The van der Waals surface area contributed by atoms with Crippen LogP contribution >= 0.6 is 0 Å². The molecule has 0 unspecified atom stereocenters. The smallest absolute Gasteiger partial charge is 0.299 e. The number of rotatable bonds is 3. The monoisotopic (exact) mass is 309 g/mol. The molecule has 22 heavy (non-hydrogen) atoms. The predicted octanol–water partition coefficient (Wildman–Crippen LogP) is 2.30. The fourth-order valence-corrected chi connectivity index (χ4v) is 2.19. The maximum Gasteiger partial charge on any atom is 0.299 e. The van der Waals surface area contributed by atoms with Crippen LogP contribution in [0.1, 0.15) is 6.92 Å². The highest BCUT2D eigenvalue weighted by atomic mass is 19.2. The highest BCUT2D eigenvalue weighted by Crippen LogP contribution is 2.23. The van der Waals surface area contributed by atoms with Crippen molar-refractivity contribution >= 4 is 5.52 Å². The quantitative estimate of drug-likeness (QED) is 0.746. The van der Waals surface area contributed by atoms with E-state index < -0.39 is 34.9 Å². The molecule has 0 amide bonds. The molecule has 114 valence electrons. The van der Waals surface area contributed by atoms with Crippen LogP contribution in [0.4, 0.5) is 13.2 Å². The summed E-state index contributed by atoms with van der Waals surface area (Å²) in [7, 11) is 0. The van der Waals surface area contributed by atoms with Gasteiger partial charge in [0.25, 0.3) is 23.5 Å². The molecule has 3 aromatic rings. The van der Waals surface area contributed by atoms with Crippen LogP contribution in [0.25, 0.3) is 11.2 Å². The highest BCUT2D eigenvalue weighted by Gasteiger charge is 2.25. The van der Waals surface area contributed by atoms with E-state index in [2.05, 4.69) is 4.98 Å². The third kappa shape index (κ3) is 1.95. The Morgan fingerprint density at radius 3 is 2.50 bits per heavy atom. The van der Waals surface area contributed by atoms with E-state index in [4.69, 9.17) is 4.74 Å². The third-order valence-corrected chi connectivity index (χ3v) is 3.07. The number of nitrogens with zero attached hydrogens (tertiary/aromatic N) is 3. The van der Waals surface area contributed by atoms with E-state index in [1.54, 1.807) is 25.1 Å². The number of fused-ring (bicyclic) bond motifs is 1. The van der Waals surface area contributed by atoms with Crippen molar-refractivity contribution in [2.24, 2.45) is 0 Å². The Morgan fingerprint density at radius 1 is 1.18 bits per heavy atom.